The second-order valence-electron chi connectivity index (χ2n) is 5.01. The normalized spacial score (nSPS) is 13.0. The molecule has 0 radical (unpaired) electrons. The van der Waals surface area contributed by atoms with Crippen LogP contribution in [0, 0.1) is 34.0 Å². The average molecular weight is 317 g/mol. The van der Waals surface area contributed by atoms with Crippen LogP contribution in [-0.2, 0) is 4.79 Å². The third-order valence-corrected chi connectivity index (χ3v) is 3.84. The maximum absolute atomic E-state index is 12.2. The Morgan fingerprint density at radius 3 is 2.12 bits per heavy atom. The van der Waals surface area contributed by atoms with Gasteiger partial charge in [0.25, 0.3) is 5.91 Å². The lowest BCUT2D eigenvalue weighted by molar-refractivity contribution is -0.114. The van der Waals surface area contributed by atoms with Crippen LogP contribution >= 0.6 is 0 Å². The van der Waals surface area contributed by atoms with Gasteiger partial charge in [-0.05, 0) is 31.5 Å². The molecule has 0 saturated carbocycles. The van der Waals surface area contributed by atoms with Crippen LogP contribution in [0.4, 0.5) is 5.69 Å². The van der Waals surface area contributed by atoms with Gasteiger partial charge in [-0.2, -0.15) is 15.8 Å². The molecule has 0 fully saturated rings. The smallest absolute Gasteiger partial charge is 0.257 e. The van der Waals surface area contributed by atoms with Crippen LogP contribution < -0.4 is 10.2 Å². The molecule has 1 heterocycles. The highest BCUT2D eigenvalue weighted by molar-refractivity contribution is 6.26. The highest BCUT2D eigenvalue weighted by atomic mass is 16.2. The molecule has 0 bridgehead atoms. The van der Waals surface area contributed by atoms with Gasteiger partial charge in [0.1, 0.15) is 18.2 Å². The van der Waals surface area contributed by atoms with E-state index in [1.807, 2.05) is 18.2 Å². The number of anilines is 1. The minimum atomic E-state index is -0.486. The Morgan fingerprint density at radius 2 is 1.67 bits per heavy atom. The van der Waals surface area contributed by atoms with Crippen molar-refractivity contribution in [3.63, 3.8) is 0 Å². The zero-order valence-corrected chi connectivity index (χ0v) is 13.4. The maximum atomic E-state index is 12.2. The summed E-state index contributed by atoms with van der Waals surface area (Å²) < 4.78 is 0. The molecule has 118 valence electrons. The van der Waals surface area contributed by atoms with Crippen molar-refractivity contribution in [2.24, 2.45) is 0 Å². The van der Waals surface area contributed by atoms with Gasteiger partial charge in [0.05, 0.1) is 16.8 Å². The van der Waals surface area contributed by atoms with Crippen molar-refractivity contribution in [3.05, 3.63) is 46.7 Å². The first kappa shape index (κ1) is 16.8. The summed E-state index contributed by atoms with van der Waals surface area (Å²) in [5, 5.41) is 29.8. The third-order valence-electron chi connectivity index (χ3n) is 3.84. The molecular weight excluding hydrogens is 302 g/mol. The van der Waals surface area contributed by atoms with Crippen LogP contribution in [0.25, 0.3) is 5.57 Å². The molecule has 1 amide bonds. The Labute approximate surface area is 140 Å². The summed E-state index contributed by atoms with van der Waals surface area (Å²) in [6, 6.07) is 12.6. The quantitative estimate of drug-likeness (QED) is 0.858. The van der Waals surface area contributed by atoms with E-state index in [1.165, 1.54) is 0 Å². The molecule has 0 atom stereocenters. The highest BCUT2D eigenvalue weighted by Gasteiger charge is 2.31. The third kappa shape index (κ3) is 2.84. The predicted octanol–water partition coefficient (Wildman–Crippen LogP) is 2.24. The van der Waals surface area contributed by atoms with Crippen LogP contribution in [0.5, 0.6) is 0 Å². The van der Waals surface area contributed by atoms with Crippen LogP contribution in [-0.4, -0.2) is 19.0 Å². The lowest BCUT2D eigenvalue weighted by Gasteiger charge is -2.21. The van der Waals surface area contributed by atoms with Gasteiger partial charge in [0.15, 0.2) is 5.57 Å². The molecule has 0 aromatic heterocycles. The molecule has 6 heteroatoms. The molecule has 6 nitrogen and oxygen atoms in total. The topological polar surface area (TPSA) is 104 Å². The number of carbonyl (C=O) groups excluding carboxylic acids is 1. The van der Waals surface area contributed by atoms with Gasteiger partial charge in [-0.15, -0.1) is 0 Å². The van der Waals surface area contributed by atoms with Crippen molar-refractivity contribution in [2.75, 3.05) is 18.0 Å². The number of carbonyl (C=O) groups is 1. The minimum Gasteiger partial charge on any atom is -0.372 e. The van der Waals surface area contributed by atoms with Gasteiger partial charge in [-0.25, -0.2) is 0 Å². The molecule has 1 aromatic rings. The van der Waals surface area contributed by atoms with E-state index in [2.05, 4.69) is 24.1 Å². The predicted molar refractivity (Wildman–Crippen MR) is 88.9 cm³/mol. The van der Waals surface area contributed by atoms with Crippen LogP contribution in [0.15, 0.2) is 41.1 Å². The summed E-state index contributed by atoms with van der Waals surface area (Å²) in [6.07, 6.45) is 0. The Morgan fingerprint density at radius 1 is 1.08 bits per heavy atom. The van der Waals surface area contributed by atoms with Crippen LogP contribution in [0.1, 0.15) is 19.4 Å². The van der Waals surface area contributed by atoms with Crippen molar-refractivity contribution in [3.8, 4) is 18.2 Å². The summed E-state index contributed by atoms with van der Waals surface area (Å²) in [6.45, 7) is 5.84. The van der Waals surface area contributed by atoms with Crippen molar-refractivity contribution < 1.29 is 4.79 Å². The SMILES string of the molecule is CCN(CC)c1ccc(C2=C(C#N)C(=C(C#N)C#N)NC2=O)cc1. The molecule has 0 spiro atoms. The fraction of sp³-hybridized carbons (Fsp3) is 0.222. The summed E-state index contributed by atoms with van der Waals surface area (Å²) in [5.74, 6) is -0.486. The first-order chi connectivity index (χ1) is 11.6. The van der Waals surface area contributed by atoms with Gasteiger partial charge < -0.3 is 10.2 Å². The van der Waals surface area contributed by atoms with Gasteiger partial charge in [-0.3, -0.25) is 4.79 Å². The molecule has 1 aliphatic rings. The molecule has 0 aliphatic carbocycles. The number of allylic oxidation sites excluding steroid dienone is 2. The summed E-state index contributed by atoms with van der Waals surface area (Å²) >= 11 is 0. The van der Waals surface area contributed by atoms with E-state index < -0.39 is 5.91 Å². The molecule has 1 aromatic carbocycles. The van der Waals surface area contributed by atoms with Crippen molar-refractivity contribution in [1.29, 1.82) is 15.8 Å². The van der Waals surface area contributed by atoms with Crippen molar-refractivity contribution in [1.82, 2.24) is 5.32 Å². The lowest BCUT2D eigenvalue weighted by Crippen LogP contribution is -2.21. The molecule has 0 saturated heterocycles. The van der Waals surface area contributed by atoms with E-state index in [0.29, 0.717) is 5.56 Å². The number of nitrogens with zero attached hydrogens (tertiary/aromatic N) is 4. The van der Waals surface area contributed by atoms with Crippen LogP contribution in [0.3, 0.4) is 0 Å². The number of hydrogen-bond acceptors (Lipinski definition) is 5. The standard InChI is InChI=1S/C18H15N5O/c1-3-23(4-2)14-7-5-12(6-8-14)16-15(11-21)17(22-18(16)24)13(9-19)10-20/h5-8H,3-4H2,1-2H3,(H,22,24). The first-order valence-electron chi connectivity index (χ1n) is 7.47. The second kappa shape index (κ2) is 7.13. The summed E-state index contributed by atoms with van der Waals surface area (Å²) in [7, 11) is 0. The minimum absolute atomic E-state index is 0.0182. The second-order valence-corrected chi connectivity index (χ2v) is 5.01. The highest BCUT2D eigenvalue weighted by Crippen LogP contribution is 2.31. The Balaban J connectivity index is 2.55. The van der Waals surface area contributed by atoms with Crippen molar-refractivity contribution in [2.45, 2.75) is 13.8 Å². The average Bonchev–Trinajstić information content (AvgIpc) is 2.94. The fourth-order valence-corrected chi connectivity index (χ4v) is 2.62. The molecule has 1 N–H and O–H groups in total. The molecule has 2 rings (SSSR count). The van der Waals surface area contributed by atoms with Gasteiger partial charge in [0.2, 0.25) is 0 Å². The molecule has 0 unspecified atom stereocenters. The zero-order valence-electron chi connectivity index (χ0n) is 13.4. The van der Waals surface area contributed by atoms with Gasteiger partial charge in [-0.1, -0.05) is 12.1 Å². The summed E-state index contributed by atoms with van der Waals surface area (Å²) in [5.41, 5.74) is 1.50. The van der Waals surface area contributed by atoms with Gasteiger partial charge >= 0.3 is 0 Å². The zero-order chi connectivity index (χ0) is 17.7. The maximum Gasteiger partial charge on any atom is 0.257 e. The van der Waals surface area contributed by atoms with E-state index in [-0.39, 0.29) is 22.4 Å². The number of amides is 1. The Bertz CT molecular complexity index is 837. The lowest BCUT2D eigenvalue weighted by atomic mass is 9.99. The summed E-state index contributed by atoms with van der Waals surface area (Å²) in [4.78, 5) is 14.4. The monoisotopic (exact) mass is 317 g/mol. The van der Waals surface area contributed by atoms with E-state index in [1.54, 1.807) is 24.3 Å². The van der Waals surface area contributed by atoms with E-state index in [0.717, 1.165) is 18.8 Å². The molecule has 24 heavy (non-hydrogen) atoms. The number of nitrogens with one attached hydrogen (secondary N) is 1. The number of benzene rings is 1. The number of nitriles is 3. The Kier molecular flexibility index (Phi) is 5.00. The van der Waals surface area contributed by atoms with E-state index in [9.17, 15) is 10.1 Å². The number of rotatable bonds is 4. The first-order valence-corrected chi connectivity index (χ1v) is 7.47. The molecule has 1 aliphatic heterocycles. The molecular formula is C18H15N5O. The number of hydrogen-bond donors (Lipinski definition) is 1. The van der Waals surface area contributed by atoms with Gasteiger partial charge in [0, 0.05) is 18.8 Å². The Hall–Kier alpha value is -3.56. The van der Waals surface area contributed by atoms with E-state index in [4.69, 9.17) is 10.5 Å². The van der Waals surface area contributed by atoms with Crippen LogP contribution in [0.2, 0.25) is 0 Å². The largest absolute Gasteiger partial charge is 0.372 e. The van der Waals surface area contributed by atoms with E-state index >= 15 is 0 Å². The fourth-order valence-electron chi connectivity index (χ4n) is 2.62. The van der Waals surface area contributed by atoms with Crippen molar-refractivity contribution >= 4 is 17.2 Å².